The minimum atomic E-state index is 0.264. The van der Waals surface area contributed by atoms with Crippen LogP contribution in [0.1, 0.15) is 10.6 Å². The number of fused-ring (bicyclic) bond motifs is 1. The molecule has 0 amide bonds. The lowest BCUT2D eigenvalue weighted by Gasteiger charge is -2.28. The molecule has 0 bridgehead atoms. The van der Waals surface area contributed by atoms with Gasteiger partial charge in [0.05, 0.1) is 24.6 Å². The average Bonchev–Trinajstić information content (AvgIpc) is 3.41. The third-order valence-electron chi connectivity index (χ3n) is 4.83. The molecule has 1 aliphatic rings. The number of hydrogen-bond acceptors (Lipinski definition) is 6. The summed E-state index contributed by atoms with van der Waals surface area (Å²) in [6.07, 6.45) is 2.59. The summed E-state index contributed by atoms with van der Waals surface area (Å²) in [4.78, 5) is 18.1. The summed E-state index contributed by atoms with van der Waals surface area (Å²) in [5.41, 5.74) is 4.06. The Bertz CT molecular complexity index is 1130. The summed E-state index contributed by atoms with van der Waals surface area (Å²) in [6, 6.07) is 15.6. The van der Waals surface area contributed by atoms with E-state index in [4.69, 9.17) is 9.15 Å². The van der Waals surface area contributed by atoms with Crippen LogP contribution < -0.4 is 4.90 Å². The van der Waals surface area contributed by atoms with E-state index >= 15 is 0 Å². The van der Waals surface area contributed by atoms with E-state index in [2.05, 4.69) is 15.0 Å². The van der Waals surface area contributed by atoms with Crippen LogP contribution >= 0.6 is 0 Å². The van der Waals surface area contributed by atoms with Crippen LogP contribution in [0.5, 0.6) is 0 Å². The van der Waals surface area contributed by atoms with Gasteiger partial charge in [0.1, 0.15) is 5.52 Å². The summed E-state index contributed by atoms with van der Waals surface area (Å²) in [6.45, 7) is 2.81. The first-order valence-electron chi connectivity index (χ1n) is 9.16. The third-order valence-corrected chi connectivity index (χ3v) is 4.83. The van der Waals surface area contributed by atoms with E-state index in [-0.39, 0.29) is 5.76 Å². The lowest BCUT2D eigenvalue weighted by molar-refractivity contribution is 0.110. The van der Waals surface area contributed by atoms with Gasteiger partial charge in [-0.3, -0.25) is 4.79 Å². The Morgan fingerprint density at radius 3 is 2.64 bits per heavy atom. The van der Waals surface area contributed by atoms with Gasteiger partial charge in [-0.1, -0.05) is 30.3 Å². The van der Waals surface area contributed by atoms with Crippen molar-refractivity contribution in [2.24, 2.45) is 0 Å². The zero-order chi connectivity index (χ0) is 18.9. The Hall–Kier alpha value is -3.45. The van der Waals surface area contributed by atoms with Crippen molar-refractivity contribution >= 4 is 23.1 Å². The summed E-state index contributed by atoms with van der Waals surface area (Å²) in [5, 5.41) is 4.68. The normalized spacial score (nSPS) is 14.5. The average molecular weight is 374 g/mol. The van der Waals surface area contributed by atoms with Gasteiger partial charge in [0, 0.05) is 37.0 Å². The molecule has 1 saturated heterocycles. The number of rotatable bonds is 4. The summed E-state index contributed by atoms with van der Waals surface area (Å²) >= 11 is 0. The number of furan rings is 1. The number of ether oxygens (including phenoxy) is 1. The van der Waals surface area contributed by atoms with Gasteiger partial charge in [-0.15, -0.1) is 0 Å². The number of anilines is 1. The fourth-order valence-corrected chi connectivity index (χ4v) is 3.44. The first kappa shape index (κ1) is 16.7. The molecule has 7 nitrogen and oxygen atoms in total. The van der Waals surface area contributed by atoms with Gasteiger partial charge in [-0.2, -0.15) is 5.10 Å². The molecule has 0 N–H and O–H groups in total. The van der Waals surface area contributed by atoms with E-state index in [0.29, 0.717) is 36.4 Å². The quantitative estimate of drug-likeness (QED) is 0.510. The van der Waals surface area contributed by atoms with Crippen LogP contribution in [0.3, 0.4) is 0 Å². The number of carbonyl (C=O) groups excluding carboxylic acids is 1. The maximum Gasteiger partial charge on any atom is 0.185 e. The maximum absolute atomic E-state index is 11.2. The van der Waals surface area contributed by atoms with Crippen molar-refractivity contribution in [3.8, 4) is 17.1 Å². The molecule has 4 aromatic rings. The number of aldehydes is 1. The van der Waals surface area contributed by atoms with Gasteiger partial charge in [0.15, 0.2) is 23.4 Å². The molecule has 0 aliphatic carbocycles. The summed E-state index contributed by atoms with van der Waals surface area (Å²) in [5.74, 6) is 0.939. The van der Waals surface area contributed by atoms with Gasteiger partial charge in [-0.05, 0) is 6.07 Å². The Kier molecular flexibility index (Phi) is 4.14. The third kappa shape index (κ3) is 2.95. The Morgan fingerprint density at radius 1 is 1.04 bits per heavy atom. The predicted molar refractivity (Wildman–Crippen MR) is 105 cm³/mol. The summed E-state index contributed by atoms with van der Waals surface area (Å²) < 4.78 is 12.9. The van der Waals surface area contributed by atoms with E-state index in [1.54, 1.807) is 10.7 Å². The molecule has 0 spiro atoms. The second-order valence-corrected chi connectivity index (χ2v) is 6.59. The first-order valence-corrected chi connectivity index (χ1v) is 9.16. The number of benzene rings is 1. The predicted octanol–water partition coefficient (Wildman–Crippen LogP) is 3.33. The highest BCUT2D eigenvalue weighted by atomic mass is 16.5. The van der Waals surface area contributed by atoms with Crippen molar-refractivity contribution in [2.45, 2.75) is 0 Å². The molecule has 5 rings (SSSR count). The molecular weight excluding hydrogens is 356 g/mol. The summed E-state index contributed by atoms with van der Waals surface area (Å²) in [7, 11) is 0. The number of morpholine rings is 1. The molecule has 28 heavy (non-hydrogen) atoms. The fourth-order valence-electron chi connectivity index (χ4n) is 3.44. The van der Waals surface area contributed by atoms with Crippen molar-refractivity contribution in [1.29, 1.82) is 0 Å². The highest BCUT2D eigenvalue weighted by Crippen LogP contribution is 2.31. The van der Waals surface area contributed by atoms with E-state index in [1.807, 2.05) is 48.7 Å². The largest absolute Gasteiger partial charge is 0.449 e. The number of pyridine rings is 1. The van der Waals surface area contributed by atoms with Crippen molar-refractivity contribution in [3.63, 3.8) is 0 Å². The van der Waals surface area contributed by atoms with Crippen molar-refractivity contribution in [2.75, 3.05) is 31.2 Å². The van der Waals surface area contributed by atoms with Gasteiger partial charge in [0.2, 0.25) is 0 Å². The van der Waals surface area contributed by atoms with Gasteiger partial charge in [-0.25, -0.2) is 9.67 Å². The van der Waals surface area contributed by atoms with E-state index in [9.17, 15) is 4.79 Å². The van der Waals surface area contributed by atoms with Crippen LogP contribution in [0, 0.1) is 0 Å². The highest BCUT2D eigenvalue weighted by molar-refractivity contribution is 5.91. The number of aromatic nitrogens is 3. The van der Waals surface area contributed by atoms with Crippen LogP contribution in [0.2, 0.25) is 0 Å². The molecule has 0 radical (unpaired) electrons. The molecule has 1 aliphatic heterocycles. The van der Waals surface area contributed by atoms with Crippen molar-refractivity contribution < 1.29 is 13.9 Å². The fraction of sp³-hybridized carbons (Fsp3) is 0.190. The molecule has 0 atom stereocenters. The molecule has 0 saturated carbocycles. The van der Waals surface area contributed by atoms with Crippen LogP contribution in [0.15, 0.2) is 59.1 Å². The van der Waals surface area contributed by atoms with Crippen molar-refractivity contribution in [1.82, 2.24) is 14.8 Å². The SMILES string of the molecule is O=Cc1cc2nc(-n3ccc(-c4ccccc4)n3)cc(N3CCOCC3)c2o1. The smallest absolute Gasteiger partial charge is 0.185 e. The van der Waals surface area contributed by atoms with E-state index in [1.165, 1.54) is 0 Å². The van der Waals surface area contributed by atoms with Crippen molar-refractivity contribution in [3.05, 3.63) is 60.5 Å². The minimum Gasteiger partial charge on any atom is -0.449 e. The Morgan fingerprint density at radius 2 is 1.86 bits per heavy atom. The monoisotopic (exact) mass is 374 g/mol. The topological polar surface area (TPSA) is 73.4 Å². The molecule has 4 heterocycles. The van der Waals surface area contributed by atoms with Crippen LogP contribution in [0.25, 0.3) is 28.2 Å². The first-order chi connectivity index (χ1) is 13.8. The molecule has 7 heteroatoms. The highest BCUT2D eigenvalue weighted by Gasteiger charge is 2.20. The number of carbonyl (C=O) groups is 1. The lowest BCUT2D eigenvalue weighted by atomic mass is 10.2. The lowest BCUT2D eigenvalue weighted by Crippen LogP contribution is -2.36. The molecule has 0 unspecified atom stereocenters. The number of hydrogen-bond donors (Lipinski definition) is 0. The van der Waals surface area contributed by atoms with Crippen LogP contribution in [0.4, 0.5) is 5.69 Å². The van der Waals surface area contributed by atoms with Gasteiger partial charge < -0.3 is 14.1 Å². The molecular formula is C21H18N4O3. The zero-order valence-electron chi connectivity index (χ0n) is 15.1. The van der Waals surface area contributed by atoms with E-state index in [0.717, 1.165) is 30.0 Å². The van der Waals surface area contributed by atoms with Crippen LogP contribution in [-0.2, 0) is 4.74 Å². The van der Waals surface area contributed by atoms with Crippen LogP contribution in [-0.4, -0.2) is 47.4 Å². The van der Waals surface area contributed by atoms with Gasteiger partial charge in [0.25, 0.3) is 0 Å². The van der Waals surface area contributed by atoms with Gasteiger partial charge >= 0.3 is 0 Å². The molecule has 140 valence electrons. The number of nitrogens with zero attached hydrogens (tertiary/aromatic N) is 4. The second-order valence-electron chi connectivity index (χ2n) is 6.59. The molecule has 1 aromatic carbocycles. The maximum atomic E-state index is 11.2. The Labute approximate surface area is 161 Å². The standard InChI is InChI=1S/C21H18N4O3/c26-14-16-12-18-21(28-16)19(24-8-10-27-11-9-24)13-20(22-18)25-7-6-17(23-25)15-4-2-1-3-5-15/h1-7,12-14H,8-11H2. The second kappa shape index (κ2) is 6.94. The molecule has 3 aromatic heterocycles. The van der Waals surface area contributed by atoms with E-state index < -0.39 is 0 Å². The zero-order valence-corrected chi connectivity index (χ0v) is 15.1. The minimum absolute atomic E-state index is 0.264. The molecule has 1 fully saturated rings. The Balaban J connectivity index is 1.61.